The first-order chi connectivity index (χ1) is 10.5. The molecule has 2 unspecified atom stereocenters. The van der Waals surface area contributed by atoms with E-state index >= 15 is 0 Å². The van der Waals surface area contributed by atoms with Gasteiger partial charge in [-0.3, -0.25) is 4.79 Å². The van der Waals surface area contributed by atoms with Gasteiger partial charge in [-0.05, 0) is 45.3 Å². The number of benzene rings is 1. The zero-order valence-electron chi connectivity index (χ0n) is 13.7. The Morgan fingerprint density at radius 1 is 1.27 bits per heavy atom. The highest BCUT2D eigenvalue weighted by atomic mass is 16.3. The van der Waals surface area contributed by atoms with Crippen molar-refractivity contribution in [2.75, 3.05) is 19.6 Å². The molecule has 1 aliphatic rings. The van der Waals surface area contributed by atoms with E-state index in [-0.39, 0.29) is 18.4 Å². The summed E-state index contributed by atoms with van der Waals surface area (Å²) in [5.41, 5.74) is -0.357. The van der Waals surface area contributed by atoms with E-state index in [1.165, 1.54) is 19.3 Å². The van der Waals surface area contributed by atoms with Gasteiger partial charge in [0.25, 0.3) is 0 Å². The van der Waals surface area contributed by atoms with Gasteiger partial charge < -0.3 is 15.3 Å². The molecule has 2 rings (SSSR count). The van der Waals surface area contributed by atoms with Crippen molar-refractivity contribution in [2.45, 2.75) is 51.2 Å². The fourth-order valence-electron chi connectivity index (χ4n) is 3.11. The van der Waals surface area contributed by atoms with Crippen molar-refractivity contribution in [3.05, 3.63) is 35.9 Å². The smallest absolute Gasteiger partial charge is 0.223 e. The topological polar surface area (TPSA) is 52.6 Å². The Balaban J connectivity index is 1.81. The van der Waals surface area contributed by atoms with Crippen LogP contribution in [0.5, 0.6) is 0 Å². The molecule has 1 heterocycles. The van der Waals surface area contributed by atoms with Gasteiger partial charge in [0.2, 0.25) is 5.91 Å². The van der Waals surface area contributed by atoms with Crippen LogP contribution in [-0.4, -0.2) is 41.6 Å². The zero-order chi connectivity index (χ0) is 16.0. The maximum Gasteiger partial charge on any atom is 0.223 e. The first-order valence-electron chi connectivity index (χ1n) is 8.27. The molecular formula is C18H28N2O2. The Bertz CT molecular complexity index is 467. The minimum absolute atomic E-state index is 0.0847. The predicted octanol–water partition coefficient (Wildman–Crippen LogP) is 2.27. The van der Waals surface area contributed by atoms with Crippen molar-refractivity contribution in [1.29, 1.82) is 0 Å². The second-order valence-electron chi connectivity index (χ2n) is 6.65. The number of nitrogens with zero attached hydrogens (tertiary/aromatic N) is 1. The second kappa shape index (κ2) is 7.75. The first-order valence-corrected chi connectivity index (χ1v) is 8.27. The first kappa shape index (κ1) is 17.0. The molecule has 1 saturated heterocycles. The number of hydrogen-bond donors (Lipinski definition) is 2. The summed E-state index contributed by atoms with van der Waals surface area (Å²) in [6.45, 7) is 6.87. The molecular weight excluding hydrogens is 276 g/mol. The van der Waals surface area contributed by atoms with Gasteiger partial charge in [-0.2, -0.15) is 0 Å². The van der Waals surface area contributed by atoms with E-state index in [0.717, 1.165) is 25.2 Å². The van der Waals surface area contributed by atoms with Crippen LogP contribution in [-0.2, 0) is 10.4 Å². The maximum atomic E-state index is 12.2. The van der Waals surface area contributed by atoms with Gasteiger partial charge in [0.1, 0.15) is 0 Å². The van der Waals surface area contributed by atoms with Crippen molar-refractivity contribution < 1.29 is 9.90 Å². The molecule has 1 fully saturated rings. The monoisotopic (exact) mass is 304 g/mol. The van der Waals surface area contributed by atoms with Gasteiger partial charge in [-0.15, -0.1) is 0 Å². The highest BCUT2D eigenvalue weighted by Crippen LogP contribution is 2.23. The van der Waals surface area contributed by atoms with Crippen LogP contribution in [0.4, 0.5) is 0 Å². The van der Waals surface area contributed by atoms with Crippen LogP contribution in [0.2, 0.25) is 0 Å². The summed E-state index contributed by atoms with van der Waals surface area (Å²) >= 11 is 0. The predicted molar refractivity (Wildman–Crippen MR) is 88.5 cm³/mol. The number of carbonyl (C=O) groups excluding carboxylic acids is 1. The molecule has 22 heavy (non-hydrogen) atoms. The summed E-state index contributed by atoms with van der Waals surface area (Å²) < 4.78 is 0. The summed E-state index contributed by atoms with van der Waals surface area (Å²) in [5.74, 6) is -0.0987. The van der Waals surface area contributed by atoms with Gasteiger partial charge >= 0.3 is 0 Å². The zero-order valence-corrected chi connectivity index (χ0v) is 13.7. The fourth-order valence-corrected chi connectivity index (χ4v) is 3.11. The third-order valence-electron chi connectivity index (χ3n) is 4.29. The van der Waals surface area contributed by atoms with Crippen molar-refractivity contribution >= 4 is 5.91 Å². The van der Waals surface area contributed by atoms with Gasteiger partial charge in [0, 0.05) is 12.6 Å². The molecule has 4 nitrogen and oxygen atoms in total. The molecule has 1 aromatic carbocycles. The van der Waals surface area contributed by atoms with Gasteiger partial charge in [-0.25, -0.2) is 0 Å². The molecule has 0 aromatic heterocycles. The summed E-state index contributed by atoms with van der Waals surface area (Å²) in [6, 6.07) is 9.47. The second-order valence-corrected chi connectivity index (χ2v) is 6.65. The van der Waals surface area contributed by atoms with E-state index in [1.807, 2.05) is 37.3 Å². The Hall–Kier alpha value is -1.39. The lowest BCUT2D eigenvalue weighted by atomic mass is 9.92. The van der Waals surface area contributed by atoms with Gasteiger partial charge in [-0.1, -0.05) is 36.8 Å². The minimum atomic E-state index is -1.13. The Morgan fingerprint density at radius 2 is 1.91 bits per heavy atom. The van der Waals surface area contributed by atoms with E-state index in [4.69, 9.17) is 0 Å². The molecule has 0 aliphatic carbocycles. The molecule has 1 amide bonds. The van der Waals surface area contributed by atoms with Crippen molar-refractivity contribution in [2.24, 2.45) is 0 Å². The van der Waals surface area contributed by atoms with E-state index in [9.17, 15) is 9.90 Å². The van der Waals surface area contributed by atoms with Crippen molar-refractivity contribution in [1.82, 2.24) is 10.2 Å². The van der Waals surface area contributed by atoms with E-state index in [0.29, 0.717) is 0 Å². The lowest BCUT2D eigenvalue weighted by molar-refractivity contribution is -0.126. The maximum absolute atomic E-state index is 12.2. The number of hydrogen-bond acceptors (Lipinski definition) is 3. The minimum Gasteiger partial charge on any atom is -0.385 e. The third-order valence-corrected chi connectivity index (χ3v) is 4.29. The molecule has 0 bridgehead atoms. The molecule has 4 heteroatoms. The average Bonchev–Trinajstić information content (AvgIpc) is 2.48. The number of carbonyl (C=O) groups is 1. The quantitative estimate of drug-likeness (QED) is 0.848. The molecule has 1 aliphatic heterocycles. The number of nitrogens with one attached hydrogen (secondary N) is 1. The van der Waals surface area contributed by atoms with Crippen LogP contribution >= 0.6 is 0 Å². The fraction of sp³-hybridized carbons (Fsp3) is 0.611. The Labute approximate surface area is 133 Å². The number of amides is 1. The number of piperidine rings is 1. The van der Waals surface area contributed by atoms with Crippen LogP contribution < -0.4 is 5.32 Å². The van der Waals surface area contributed by atoms with Crippen LogP contribution in [0.15, 0.2) is 30.3 Å². The summed E-state index contributed by atoms with van der Waals surface area (Å²) in [6.07, 6.45) is 3.91. The van der Waals surface area contributed by atoms with Crippen LogP contribution in [0, 0.1) is 0 Å². The molecule has 2 N–H and O–H groups in total. The molecule has 122 valence electrons. The third kappa shape index (κ3) is 5.11. The molecule has 0 spiro atoms. The number of likely N-dealkylation sites (tertiary alicyclic amines) is 1. The van der Waals surface area contributed by atoms with Crippen molar-refractivity contribution in [3.63, 3.8) is 0 Å². The van der Waals surface area contributed by atoms with Crippen LogP contribution in [0.25, 0.3) is 0 Å². The number of aliphatic hydroxyl groups is 1. The Morgan fingerprint density at radius 3 is 2.55 bits per heavy atom. The van der Waals surface area contributed by atoms with Crippen molar-refractivity contribution in [3.8, 4) is 0 Å². The lowest BCUT2D eigenvalue weighted by Gasteiger charge is -2.30. The number of rotatable bonds is 6. The van der Waals surface area contributed by atoms with Crippen LogP contribution in [0.3, 0.4) is 0 Å². The average molecular weight is 304 g/mol. The largest absolute Gasteiger partial charge is 0.385 e. The van der Waals surface area contributed by atoms with Crippen LogP contribution in [0.1, 0.15) is 45.1 Å². The molecule has 0 radical (unpaired) electrons. The van der Waals surface area contributed by atoms with Gasteiger partial charge in [0.05, 0.1) is 12.0 Å². The lowest BCUT2D eigenvalue weighted by Crippen LogP contribution is -2.45. The molecule has 2 atom stereocenters. The SMILES string of the molecule is CC(CN1CCCCC1)NC(=O)CC(C)(O)c1ccccc1. The normalized spacial score (nSPS) is 20.1. The molecule has 1 aromatic rings. The molecule has 0 saturated carbocycles. The Kier molecular flexibility index (Phi) is 5.98. The van der Waals surface area contributed by atoms with E-state index < -0.39 is 5.60 Å². The summed E-state index contributed by atoms with van der Waals surface area (Å²) in [7, 11) is 0. The summed E-state index contributed by atoms with van der Waals surface area (Å²) in [4.78, 5) is 14.6. The van der Waals surface area contributed by atoms with Gasteiger partial charge in [0.15, 0.2) is 0 Å². The van der Waals surface area contributed by atoms with E-state index in [2.05, 4.69) is 10.2 Å². The highest BCUT2D eigenvalue weighted by Gasteiger charge is 2.27. The summed E-state index contributed by atoms with van der Waals surface area (Å²) in [5, 5.41) is 13.5. The van der Waals surface area contributed by atoms with E-state index in [1.54, 1.807) is 6.92 Å². The standard InChI is InChI=1S/C18H28N2O2/c1-15(14-20-11-7-4-8-12-20)19-17(21)13-18(2,22)16-9-5-3-6-10-16/h3,5-6,9-10,15,22H,4,7-8,11-14H2,1-2H3,(H,19,21). The highest BCUT2D eigenvalue weighted by molar-refractivity contribution is 5.77.